The lowest BCUT2D eigenvalue weighted by atomic mass is 10.2. The SMILES string of the molecule is O=C(COc1ccc(F)cc1)N1CCC[C@H]1c1nc(-c2ccc(F)cc2)n[nH]1. The first kappa shape index (κ1) is 18.1. The summed E-state index contributed by atoms with van der Waals surface area (Å²) in [5, 5.41) is 7.09. The molecule has 1 N–H and O–H groups in total. The van der Waals surface area contributed by atoms with E-state index in [1.807, 2.05) is 0 Å². The fraction of sp³-hybridized carbons (Fsp3) is 0.250. The second kappa shape index (κ2) is 7.75. The molecule has 4 rings (SSSR count). The molecule has 0 spiro atoms. The van der Waals surface area contributed by atoms with E-state index >= 15 is 0 Å². The van der Waals surface area contributed by atoms with Crippen molar-refractivity contribution in [2.75, 3.05) is 13.2 Å². The molecule has 0 bridgehead atoms. The Kier molecular flexibility index (Phi) is 5.01. The number of likely N-dealkylation sites (tertiary alicyclic amines) is 1. The van der Waals surface area contributed by atoms with Crippen LogP contribution in [0.2, 0.25) is 0 Å². The lowest BCUT2D eigenvalue weighted by Crippen LogP contribution is -2.34. The fourth-order valence-corrected chi connectivity index (χ4v) is 3.26. The molecule has 2 aromatic carbocycles. The molecule has 3 aromatic rings. The Balaban J connectivity index is 1.43. The van der Waals surface area contributed by atoms with E-state index in [-0.39, 0.29) is 30.2 Å². The number of carbonyl (C=O) groups excluding carboxylic acids is 1. The second-order valence-electron chi connectivity index (χ2n) is 6.54. The first-order valence-corrected chi connectivity index (χ1v) is 8.96. The second-order valence-corrected chi connectivity index (χ2v) is 6.54. The van der Waals surface area contributed by atoms with E-state index in [0.29, 0.717) is 29.5 Å². The lowest BCUT2D eigenvalue weighted by molar-refractivity contribution is -0.134. The summed E-state index contributed by atoms with van der Waals surface area (Å²) in [7, 11) is 0. The molecule has 8 heteroatoms. The number of rotatable bonds is 5. The third-order valence-electron chi connectivity index (χ3n) is 4.67. The molecular weight excluding hydrogens is 366 g/mol. The van der Waals surface area contributed by atoms with Gasteiger partial charge in [0.25, 0.3) is 5.91 Å². The minimum atomic E-state index is -0.361. The molecule has 1 aliphatic heterocycles. The van der Waals surface area contributed by atoms with Gasteiger partial charge in [0.15, 0.2) is 12.4 Å². The van der Waals surface area contributed by atoms with Crippen molar-refractivity contribution in [2.24, 2.45) is 0 Å². The number of nitrogens with one attached hydrogen (secondary N) is 1. The molecule has 144 valence electrons. The molecule has 1 saturated heterocycles. The zero-order valence-electron chi connectivity index (χ0n) is 14.9. The van der Waals surface area contributed by atoms with Gasteiger partial charge in [-0.05, 0) is 61.4 Å². The number of ether oxygens (including phenoxy) is 1. The van der Waals surface area contributed by atoms with E-state index in [1.165, 1.54) is 36.4 Å². The predicted octanol–water partition coefficient (Wildman–Crippen LogP) is 3.49. The Morgan fingerprint density at radius 2 is 1.79 bits per heavy atom. The third-order valence-corrected chi connectivity index (χ3v) is 4.67. The summed E-state index contributed by atoms with van der Waals surface area (Å²) in [4.78, 5) is 18.8. The number of hydrogen-bond donors (Lipinski definition) is 1. The van der Waals surface area contributed by atoms with Crippen molar-refractivity contribution in [3.8, 4) is 17.1 Å². The van der Waals surface area contributed by atoms with Gasteiger partial charge in [-0.1, -0.05) is 0 Å². The van der Waals surface area contributed by atoms with Crippen molar-refractivity contribution < 1.29 is 18.3 Å². The Bertz CT molecular complexity index is 957. The van der Waals surface area contributed by atoms with Crippen LogP contribution < -0.4 is 4.74 Å². The Labute approximate surface area is 160 Å². The summed E-state index contributed by atoms with van der Waals surface area (Å²) < 4.78 is 31.5. The van der Waals surface area contributed by atoms with Gasteiger partial charge in [-0.2, -0.15) is 5.10 Å². The maximum absolute atomic E-state index is 13.1. The minimum Gasteiger partial charge on any atom is -0.484 e. The number of benzene rings is 2. The monoisotopic (exact) mass is 384 g/mol. The first-order chi connectivity index (χ1) is 13.6. The van der Waals surface area contributed by atoms with E-state index in [1.54, 1.807) is 17.0 Å². The van der Waals surface area contributed by atoms with Gasteiger partial charge in [-0.15, -0.1) is 0 Å². The molecule has 1 atom stereocenters. The van der Waals surface area contributed by atoms with Crippen LogP contribution >= 0.6 is 0 Å². The average molecular weight is 384 g/mol. The predicted molar refractivity (Wildman–Crippen MR) is 97.4 cm³/mol. The number of halogens is 2. The van der Waals surface area contributed by atoms with Crippen LogP contribution in [0, 0.1) is 11.6 Å². The number of H-pyrrole nitrogens is 1. The van der Waals surface area contributed by atoms with Gasteiger partial charge >= 0.3 is 0 Å². The average Bonchev–Trinajstić information content (AvgIpc) is 3.37. The van der Waals surface area contributed by atoms with Crippen LogP contribution in [0.25, 0.3) is 11.4 Å². The number of aromatic amines is 1. The summed E-state index contributed by atoms with van der Waals surface area (Å²) >= 11 is 0. The highest BCUT2D eigenvalue weighted by Crippen LogP contribution is 2.31. The smallest absolute Gasteiger partial charge is 0.261 e. The highest BCUT2D eigenvalue weighted by Gasteiger charge is 2.32. The molecule has 1 fully saturated rings. The number of hydrogen-bond acceptors (Lipinski definition) is 4. The first-order valence-electron chi connectivity index (χ1n) is 8.96. The van der Waals surface area contributed by atoms with Gasteiger partial charge in [0.1, 0.15) is 23.2 Å². The van der Waals surface area contributed by atoms with E-state index in [0.717, 1.165) is 12.8 Å². The number of aromatic nitrogens is 3. The largest absolute Gasteiger partial charge is 0.484 e. The van der Waals surface area contributed by atoms with Gasteiger partial charge < -0.3 is 9.64 Å². The van der Waals surface area contributed by atoms with Crippen LogP contribution in [0.4, 0.5) is 8.78 Å². The van der Waals surface area contributed by atoms with E-state index in [2.05, 4.69) is 15.2 Å². The Hall–Kier alpha value is -3.29. The Morgan fingerprint density at radius 3 is 2.50 bits per heavy atom. The van der Waals surface area contributed by atoms with Crippen LogP contribution in [-0.2, 0) is 4.79 Å². The molecule has 6 nitrogen and oxygen atoms in total. The van der Waals surface area contributed by atoms with E-state index < -0.39 is 0 Å². The van der Waals surface area contributed by atoms with Gasteiger partial charge in [-0.25, -0.2) is 13.8 Å². The minimum absolute atomic E-state index is 0.138. The van der Waals surface area contributed by atoms with Crippen LogP contribution in [0.5, 0.6) is 5.75 Å². The fourth-order valence-electron chi connectivity index (χ4n) is 3.26. The van der Waals surface area contributed by atoms with Crippen LogP contribution in [0.3, 0.4) is 0 Å². The van der Waals surface area contributed by atoms with Crippen molar-refractivity contribution in [2.45, 2.75) is 18.9 Å². The van der Waals surface area contributed by atoms with Gasteiger partial charge in [0, 0.05) is 12.1 Å². The van der Waals surface area contributed by atoms with Gasteiger partial charge in [-0.3, -0.25) is 9.89 Å². The summed E-state index contributed by atoms with van der Waals surface area (Å²) in [5.41, 5.74) is 0.694. The van der Waals surface area contributed by atoms with Crippen molar-refractivity contribution >= 4 is 5.91 Å². The Morgan fingerprint density at radius 1 is 1.11 bits per heavy atom. The van der Waals surface area contributed by atoms with Gasteiger partial charge in [0.05, 0.1) is 6.04 Å². The maximum atomic E-state index is 13.1. The van der Waals surface area contributed by atoms with Crippen LogP contribution in [-0.4, -0.2) is 39.1 Å². The molecule has 0 radical (unpaired) electrons. The topological polar surface area (TPSA) is 71.1 Å². The molecule has 1 aliphatic rings. The number of nitrogens with zero attached hydrogens (tertiary/aromatic N) is 3. The molecule has 2 heterocycles. The van der Waals surface area contributed by atoms with Crippen molar-refractivity contribution in [1.82, 2.24) is 20.1 Å². The molecule has 1 amide bonds. The molecule has 0 saturated carbocycles. The maximum Gasteiger partial charge on any atom is 0.261 e. The molecule has 1 aromatic heterocycles. The lowest BCUT2D eigenvalue weighted by Gasteiger charge is -2.22. The van der Waals surface area contributed by atoms with E-state index in [4.69, 9.17) is 4.74 Å². The third kappa shape index (κ3) is 3.85. The van der Waals surface area contributed by atoms with Crippen molar-refractivity contribution in [3.05, 3.63) is 66.0 Å². The normalized spacial score (nSPS) is 16.4. The number of amides is 1. The zero-order chi connectivity index (χ0) is 19.5. The standard InChI is InChI=1S/C20H18F2N4O2/c21-14-5-3-13(4-6-14)19-23-20(25-24-19)17-2-1-11-26(17)18(27)12-28-16-9-7-15(22)8-10-16/h3-10,17H,1-2,11-12H2,(H,23,24,25)/t17-/m0/s1. The zero-order valence-corrected chi connectivity index (χ0v) is 14.9. The number of carbonyl (C=O) groups is 1. The highest BCUT2D eigenvalue weighted by atomic mass is 19.1. The summed E-state index contributed by atoms with van der Waals surface area (Å²) in [6, 6.07) is 11.2. The summed E-state index contributed by atoms with van der Waals surface area (Å²) in [5.74, 6) is 0.618. The summed E-state index contributed by atoms with van der Waals surface area (Å²) in [6.45, 7) is 0.462. The highest BCUT2D eigenvalue weighted by molar-refractivity contribution is 5.78. The van der Waals surface area contributed by atoms with Crippen LogP contribution in [0.15, 0.2) is 48.5 Å². The molecule has 0 unspecified atom stereocenters. The molecule has 28 heavy (non-hydrogen) atoms. The summed E-state index contributed by atoms with van der Waals surface area (Å²) in [6.07, 6.45) is 1.61. The molecule has 0 aliphatic carbocycles. The van der Waals surface area contributed by atoms with Crippen molar-refractivity contribution in [1.29, 1.82) is 0 Å². The molecular formula is C20H18F2N4O2. The van der Waals surface area contributed by atoms with E-state index in [9.17, 15) is 13.6 Å². The quantitative estimate of drug-likeness (QED) is 0.731. The van der Waals surface area contributed by atoms with Crippen LogP contribution in [0.1, 0.15) is 24.7 Å². The van der Waals surface area contributed by atoms with Gasteiger partial charge in [0.2, 0.25) is 0 Å². The van der Waals surface area contributed by atoms with Crippen molar-refractivity contribution in [3.63, 3.8) is 0 Å².